The van der Waals surface area contributed by atoms with Crippen molar-refractivity contribution in [1.82, 2.24) is 0 Å². The van der Waals surface area contributed by atoms with Crippen LogP contribution in [0.4, 0.5) is 0 Å². The molecule has 2 aliphatic carbocycles. The van der Waals surface area contributed by atoms with Gasteiger partial charge in [-0.05, 0) is 25.2 Å². The van der Waals surface area contributed by atoms with E-state index in [9.17, 15) is 4.79 Å². The van der Waals surface area contributed by atoms with E-state index < -0.39 is 0 Å². The number of carbonyl (C=O) groups is 1. The average Bonchev–Trinajstić information content (AvgIpc) is 2.16. The molecule has 0 heterocycles. The maximum Gasteiger partial charge on any atom is 0.139 e. The second kappa shape index (κ2) is 2.08. The fourth-order valence-electron chi connectivity index (χ4n) is 2.58. The minimum Gasteiger partial charge on any atom is -0.299 e. The molecule has 1 heteroatoms. The monoisotopic (exact) mass is 138 g/mol. The lowest BCUT2D eigenvalue weighted by Gasteiger charge is -2.17. The quantitative estimate of drug-likeness (QED) is 0.500. The Hall–Kier alpha value is -0.330. The van der Waals surface area contributed by atoms with Gasteiger partial charge in [0.15, 0.2) is 0 Å². The van der Waals surface area contributed by atoms with E-state index in [1.165, 1.54) is 25.7 Å². The van der Waals surface area contributed by atoms with Crippen LogP contribution in [0.25, 0.3) is 0 Å². The van der Waals surface area contributed by atoms with Crippen LogP contribution in [0.5, 0.6) is 0 Å². The number of carbonyl (C=O) groups excluding carboxylic acids is 1. The topological polar surface area (TPSA) is 17.1 Å². The molecule has 2 rings (SSSR count). The van der Waals surface area contributed by atoms with Crippen molar-refractivity contribution in [1.29, 1.82) is 0 Å². The highest BCUT2D eigenvalue weighted by Crippen LogP contribution is 2.42. The minimum absolute atomic E-state index is 0.457. The fraction of sp³-hybridized carbons (Fsp3) is 0.889. The highest BCUT2D eigenvalue weighted by atomic mass is 16.1. The van der Waals surface area contributed by atoms with Crippen molar-refractivity contribution in [3.63, 3.8) is 0 Å². The Kier molecular flexibility index (Phi) is 1.33. The lowest BCUT2D eigenvalue weighted by molar-refractivity contribution is -0.126. The largest absolute Gasteiger partial charge is 0.299 e. The number of hydrogen-bond acceptors (Lipinski definition) is 1. The molecule has 0 amide bonds. The van der Waals surface area contributed by atoms with Gasteiger partial charge in [-0.25, -0.2) is 0 Å². The third kappa shape index (κ3) is 0.727. The molecule has 1 nitrogen and oxygen atoms in total. The van der Waals surface area contributed by atoms with Crippen LogP contribution < -0.4 is 0 Å². The average molecular weight is 138 g/mol. The summed E-state index contributed by atoms with van der Waals surface area (Å²) in [5, 5.41) is 0. The van der Waals surface area contributed by atoms with Gasteiger partial charge in [0, 0.05) is 11.8 Å². The summed E-state index contributed by atoms with van der Waals surface area (Å²) in [6, 6.07) is 0. The highest BCUT2D eigenvalue weighted by molar-refractivity contribution is 5.86. The number of ketones is 1. The summed E-state index contributed by atoms with van der Waals surface area (Å²) in [5.74, 6) is 2.20. The van der Waals surface area contributed by atoms with Gasteiger partial charge in [-0.15, -0.1) is 0 Å². The predicted molar refractivity (Wildman–Crippen MR) is 39.6 cm³/mol. The van der Waals surface area contributed by atoms with E-state index in [2.05, 4.69) is 6.92 Å². The van der Waals surface area contributed by atoms with Crippen LogP contribution in [-0.4, -0.2) is 5.78 Å². The van der Waals surface area contributed by atoms with Crippen LogP contribution in [0.1, 0.15) is 32.6 Å². The van der Waals surface area contributed by atoms with E-state index in [0.29, 0.717) is 23.5 Å². The molecule has 0 aromatic carbocycles. The van der Waals surface area contributed by atoms with Crippen LogP contribution in [0.15, 0.2) is 0 Å². The Labute approximate surface area is 61.8 Å². The van der Waals surface area contributed by atoms with E-state index >= 15 is 0 Å². The molecule has 3 atom stereocenters. The molecule has 3 unspecified atom stereocenters. The lowest BCUT2D eigenvalue weighted by Crippen LogP contribution is -2.20. The van der Waals surface area contributed by atoms with E-state index in [1.54, 1.807) is 0 Å². The standard InChI is InChI=1S/C9H14O/c1-6-5-7-3-2-4-8(6)9(7)10/h6-8H,2-5H2,1H3. The van der Waals surface area contributed by atoms with Gasteiger partial charge in [-0.2, -0.15) is 0 Å². The Balaban J connectivity index is 2.22. The molecule has 2 bridgehead atoms. The molecule has 0 aliphatic heterocycles. The van der Waals surface area contributed by atoms with Crippen LogP contribution in [-0.2, 0) is 4.79 Å². The Morgan fingerprint density at radius 1 is 1.40 bits per heavy atom. The maximum absolute atomic E-state index is 11.4. The van der Waals surface area contributed by atoms with Crippen molar-refractivity contribution >= 4 is 5.78 Å². The highest BCUT2D eigenvalue weighted by Gasteiger charge is 2.41. The zero-order valence-electron chi connectivity index (χ0n) is 6.47. The van der Waals surface area contributed by atoms with Gasteiger partial charge in [0.1, 0.15) is 5.78 Å². The molecular weight excluding hydrogens is 124 g/mol. The number of fused-ring (bicyclic) bond motifs is 2. The molecular formula is C9H14O. The smallest absolute Gasteiger partial charge is 0.139 e. The Bertz CT molecular complexity index is 162. The van der Waals surface area contributed by atoms with Crippen LogP contribution in [0.3, 0.4) is 0 Å². The molecule has 2 saturated carbocycles. The van der Waals surface area contributed by atoms with E-state index in [4.69, 9.17) is 0 Å². The molecule has 56 valence electrons. The zero-order chi connectivity index (χ0) is 7.14. The third-order valence-corrected chi connectivity index (χ3v) is 3.18. The van der Waals surface area contributed by atoms with Gasteiger partial charge in [0.05, 0.1) is 0 Å². The summed E-state index contributed by atoms with van der Waals surface area (Å²) in [6.07, 6.45) is 4.84. The van der Waals surface area contributed by atoms with Gasteiger partial charge in [-0.1, -0.05) is 13.3 Å². The molecule has 0 aromatic heterocycles. The summed E-state index contributed by atoms with van der Waals surface area (Å²) in [5.41, 5.74) is 0. The fourth-order valence-corrected chi connectivity index (χ4v) is 2.58. The molecule has 0 radical (unpaired) electrons. The van der Waals surface area contributed by atoms with Gasteiger partial charge < -0.3 is 0 Å². The first-order valence-corrected chi connectivity index (χ1v) is 4.33. The molecule has 0 N–H and O–H groups in total. The van der Waals surface area contributed by atoms with Crippen LogP contribution in [0.2, 0.25) is 0 Å². The van der Waals surface area contributed by atoms with Crippen molar-refractivity contribution in [2.75, 3.05) is 0 Å². The first-order chi connectivity index (χ1) is 4.79. The maximum atomic E-state index is 11.4. The molecule has 2 aliphatic rings. The molecule has 10 heavy (non-hydrogen) atoms. The SMILES string of the molecule is CC1CC2CCCC1C2=O. The van der Waals surface area contributed by atoms with Crippen molar-refractivity contribution in [3.05, 3.63) is 0 Å². The zero-order valence-corrected chi connectivity index (χ0v) is 6.47. The summed E-state index contributed by atoms with van der Waals surface area (Å²) < 4.78 is 0. The van der Waals surface area contributed by atoms with Crippen LogP contribution in [0, 0.1) is 17.8 Å². The molecule has 0 saturated heterocycles. The molecule has 0 spiro atoms. The third-order valence-electron chi connectivity index (χ3n) is 3.18. The Morgan fingerprint density at radius 3 is 2.80 bits per heavy atom. The van der Waals surface area contributed by atoms with Crippen molar-refractivity contribution in [3.8, 4) is 0 Å². The summed E-state index contributed by atoms with van der Waals surface area (Å²) >= 11 is 0. The first kappa shape index (κ1) is 6.38. The second-order valence-electron chi connectivity index (χ2n) is 3.85. The van der Waals surface area contributed by atoms with Gasteiger partial charge in [0.25, 0.3) is 0 Å². The summed E-state index contributed by atoms with van der Waals surface area (Å²) in [6.45, 7) is 2.23. The molecule has 0 aromatic rings. The predicted octanol–water partition coefficient (Wildman–Crippen LogP) is 2.01. The van der Waals surface area contributed by atoms with Gasteiger partial charge in [0.2, 0.25) is 0 Å². The van der Waals surface area contributed by atoms with Crippen molar-refractivity contribution in [2.24, 2.45) is 17.8 Å². The summed E-state index contributed by atoms with van der Waals surface area (Å²) in [7, 11) is 0. The van der Waals surface area contributed by atoms with Crippen molar-refractivity contribution < 1.29 is 4.79 Å². The van der Waals surface area contributed by atoms with E-state index in [-0.39, 0.29) is 0 Å². The number of Topliss-reactive ketones (excluding diaryl/α,β-unsaturated/α-hetero) is 1. The Morgan fingerprint density at radius 2 is 2.20 bits per heavy atom. The number of hydrogen-bond donors (Lipinski definition) is 0. The normalized spacial score (nSPS) is 46.1. The lowest BCUT2D eigenvalue weighted by atomic mass is 9.86. The second-order valence-corrected chi connectivity index (χ2v) is 3.85. The van der Waals surface area contributed by atoms with Crippen molar-refractivity contribution in [2.45, 2.75) is 32.6 Å². The number of rotatable bonds is 0. The van der Waals surface area contributed by atoms with Gasteiger partial charge >= 0.3 is 0 Å². The van der Waals surface area contributed by atoms with E-state index in [0.717, 1.165) is 0 Å². The first-order valence-electron chi connectivity index (χ1n) is 4.33. The minimum atomic E-state index is 0.457. The molecule has 2 fully saturated rings. The van der Waals surface area contributed by atoms with E-state index in [1.807, 2.05) is 0 Å². The summed E-state index contributed by atoms with van der Waals surface area (Å²) in [4.78, 5) is 11.4. The van der Waals surface area contributed by atoms with Gasteiger partial charge in [-0.3, -0.25) is 4.79 Å². The van der Waals surface area contributed by atoms with Crippen LogP contribution >= 0.6 is 0 Å².